The minimum Gasteiger partial charge on any atom is -0.366 e. The molecule has 1 aliphatic heterocycles. The Hall–Kier alpha value is -1.61. The number of nitrogens with zero attached hydrogens (tertiary/aromatic N) is 2. The van der Waals surface area contributed by atoms with Crippen molar-refractivity contribution in [1.82, 2.24) is 4.90 Å². The highest BCUT2D eigenvalue weighted by Crippen LogP contribution is 2.38. The lowest BCUT2D eigenvalue weighted by atomic mass is 10.0. The van der Waals surface area contributed by atoms with Crippen LogP contribution in [0, 0.1) is 12.8 Å². The molecule has 1 N–H and O–H groups in total. The summed E-state index contributed by atoms with van der Waals surface area (Å²) < 4.78 is 0.762. The lowest BCUT2D eigenvalue weighted by Gasteiger charge is -2.34. The Morgan fingerprint density at radius 3 is 2.48 bits per heavy atom. The molecule has 0 aliphatic carbocycles. The van der Waals surface area contributed by atoms with Crippen molar-refractivity contribution in [3.63, 3.8) is 0 Å². The summed E-state index contributed by atoms with van der Waals surface area (Å²) in [5.41, 5.74) is -0.0668. The van der Waals surface area contributed by atoms with Gasteiger partial charge in [-0.3, -0.25) is 0 Å². The van der Waals surface area contributed by atoms with Crippen LogP contribution in [0.3, 0.4) is 0 Å². The first-order chi connectivity index (χ1) is 11.1. The topological polar surface area (TPSA) is 35.8 Å². The van der Waals surface area contributed by atoms with E-state index in [1.807, 2.05) is 48.2 Å². The van der Waals surface area contributed by atoms with Gasteiger partial charge < -0.3 is 15.0 Å². The van der Waals surface area contributed by atoms with Crippen molar-refractivity contribution < 1.29 is 5.11 Å². The highest BCUT2D eigenvalue weighted by molar-refractivity contribution is 8.23. The molecule has 1 aliphatic rings. The molecule has 0 bridgehead atoms. The molecule has 1 aromatic rings. The van der Waals surface area contributed by atoms with E-state index in [-0.39, 0.29) is 0 Å². The second-order valence-corrected chi connectivity index (χ2v) is 6.09. The van der Waals surface area contributed by atoms with Gasteiger partial charge in [0.2, 0.25) is 0 Å². The Balaban J connectivity index is 0.000000705. The van der Waals surface area contributed by atoms with Crippen LogP contribution in [0.1, 0.15) is 18.9 Å². The zero-order chi connectivity index (χ0) is 17.7. The van der Waals surface area contributed by atoms with Crippen LogP contribution in [0.4, 0.5) is 0 Å². The van der Waals surface area contributed by atoms with Gasteiger partial charge in [-0.15, -0.1) is 19.4 Å². The summed E-state index contributed by atoms with van der Waals surface area (Å²) in [4.78, 5) is 5.50. The van der Waals surface area contributed by atoms with Crippen LogP contribution < -0.4 is 0 Å². The van der Waals surface area contributed by atoms with Crippen molar-refractivity contribution >= 4 is 34.5 Å². The van der Waals surface area contributed by atoms with Gasteiger partial charge in [-0.1, -0.05) is 60.4 Å². The van der Waals surface area contributed by atoms with Gasteiger partial charge in [0.15, 0.2) is 5.72 Å². The Kier molecular flexibility index (Phi) is 11.1. The first kappa shape index (κ1) is 21.4. The lowest BCUT2D eigenvalue weighted by Crippen LogP contribution is -2.44. The SMILES string of the molecule is C#C.C=CCCN1C(=S)SCC1(O)c1ccccc1.CC=NC. The molecular formula is C18H24N2OS2. The lowest BCUT2D eigenvalue weighted by molar-refractivity contribution is -0.0457. The molecule has 1 aromatic carbocycles. The van der Waals surface area contributed by atoms with Crippen molar-refractivity contribution in [2.24, 2.45) is 4.99 Å². The highest BCUT2D eigenvalue weighted by atomic mass is 32.2. The van der Waals surface area contributed by atoms with Crippen LogP contribution in [0.25, 0.3) is 0 Å². The molecule has 0 amide bonds. The average Bonchev–Trinajstić information content (AvgIpc) is 2.91. The molecule has 0 radical (unpaired) electrons. The van der Waals surface area contributed by atoms with E-state index in [0.717, 1.165) is 16.3 Å². The zero-order valence-electron chi connectivity index (χ0n) is 13.7. The van der Waals surface area contributed by atoms with E-state index >= 15 is 0 Å². The van der Waals surface area contributed by atoms with E-state index in [1.54, 1.807) is 13.3 Å². The van der Waals surface area contributed by atoms with Gasteiger partial charge in [0.25, 0.3) is 0 Å². The molecule has 1 heterocycles. The van der Waals surface area contributed by atoms with E-state index < -0.39 is 5.72 Å². The summed E-state index contributed by atoms with van der Waals surface area (Å²) in [5, 5.41) is 10.8. The molecule has 1 fully saturated rings. The van der Waals surface area contributed by atoms with Gasteiger partial charge in [0.05, 0.1) is 5.75 Å². The molecule has 1 atom stereocenters. The highest BCUT2D eigenvalue weighted by Gasteiger charge is 2.43. The Morgan fingerprint density at radius 1 is 1.43 bits per heavy atom. The number of thiocarbonyl (C=S) groups is 1. The molecule has 0 spiro atoms. The maximum absolute atomic E-state index is 10.8. The van der Waals surface area contributed by atoms with Crippen molar-refractivity contribution in [3.05, 3.63) is 48.6 Å². The summed E-state index contributed by atoms with van der Waals surface area (Å²) in [5.74, 6) is 0.590. The number of benzene rings is 1. The minimum absolute atomic E-state index is 0.590. The van der Waals surface area contributed by atoms with Crippen molar-refractivity contribution in [2.75, 3.05) is 19.3 Å². The Morgan fingerprint density at radius 2 is 2.00 bits per heavy atom. The standard InChI is InChI=1S/C13H15NOS2.C3H7N.C2H2/c1-2-3-9-14-12(16)17-10-13(14,15)11-7-5-4-6-8-11;1-3-4-2;1-2/h2,4-8,15H,1,3,9-10H2;3H,1-2H3;1-2H. The fraction of sp³-hybridized carbons (Fsp3) is 0.333. The van der Waals surface area contributed by atoms with E-state index in [4.69, 9.17) is 12.2 Å². The summed E-state index contributed by atoms with van der Waals surface area (Å²) >= 11 is 6.83. The fourth-order valence-corrected chi connectivity index (χ4v) is 3.37. The minimum atomic E-state index is -0.966. The number of thioether (sulfide) groups is 1. The largest absolute Gasteiger partial charge is 0.366 e. The summed E-state index contributed by atoms with van der Waals surface area (Å²) in [7, 11) is 1.75. The normalized spacial score (nSPS) is 19.5. The maximum Gasteiger partial charge on any atom is 0.175 e. The predicted octanol–water partition coefficient (Wildman–Crippen LogP) is 3.70. The van der Waals surface area contributed by atoms with E-state index in [9.17, 15) is 5.11 Å². The second kappa shape index (κ2) is 11.9. The molecule has 2 rings (SSSR count). The van der Waals surface area contributed by atoms with Crippen LogP contribution in [0.2, 0.25) is 0 Å². The van der Waals surface area contributed by atoms with Gasteiger partial charge in [0.1, 0.15) is 4.32 Å². The summed E-state index contributed by atoms with van der Waals surface area (Å²) in [6, 6.07) is 9.70. The molecule has 1 saturated heterocycles. The van der Waals surface area contributed by atoms with Crippen molar-refractivity contribution in [1.29, 1.82) is 0 Å². The quantitative estimate of drug-likeness (QED) is 0.389. The van der Waals surface area contributed by atoms with Crippen LogP contribution in [0.15, 0.2) is 48.0 Å². The smallest absolute Gasteiger partial charge is 0.175 e. The van der Waals surface area contributed by atoms with E-state index in [0.29, 0.717) is 12.3 Å². The molecule has 0 saturated carbocycles. The third-order valence-electron chi connectivity index (χ3n) is 3.11. The van der Waals surface area contributed by atoms with Gasteiger partial charge in [-0.05, 0) is 19.6 Å². The number of hydrogen-bond acceptors (Lipinski definition) is 4. The molecule has 3 nitrogen and oxygen atoms in total. The van der Waals surface area contributed by atoms with Gasteiger partial charge in [0, 0.05) is 19.2 Å². The zero-order valence-corrected chi connectivity index (χ0v) is 15.3. The predicted molar refractivity (Wildman–Crippen MR) is 107 cm³/mol. The number of aliphatic hydroxyl groups is 1. The van der Waals surface area contributed by atoms with E-state index in [2.05, 4.69) is 24.4 Å². The van der Waals surface area contributed by atoms with Crippen LogP contribution in [0.5, 0.6) is 0 Å². The van der Waals surface area contributed by atoms with Crippen molar-refractivity contribution in [3.8, 4) is 12.8 Å². The first-order valence-corrected chi connectivity index (χ1v) is 8.52. The fourth-order valence-electron chi connectivity index (χ4n) is 1.91. The third kappa shape index (κ3) is 6.19. The van der Waals surface area contributed by atoms with Crippen molar-refractivity contribution in [2.45, 2.75) is 19.1 Å². The number of hydrogen-bond donors (Lipinski definition) is 1. The molecule has 5 heteroatoms. The molecule has 1 unspecified atom stereocenters. The first-order valence-electron chi connectivity index (χ1n) is 7.13. The summed E-state index contributed by atoms with van der Waals surface area (Å²) in [6.45, 7) is 6.31. The number of rotatable bonds is 4. The third-order valence-corrected chi connectivity index (χ3v) is 4.70. The average molecular weight is 349 g/mol. The number of aliphatic imine (C=N–C) groups is 1. The van der Waals surface area contributed by atoms with E-state index in [1.165, 1.54) is 11.8 Å². The Bertz CT molecular complexity index is 524. The monoisotopic (exact) mass is 348 g/mol. The van der Waals surface area contributed by atoms with Crippen LogP contribution >= 0.6 is 24.0 Å². The van der Waals surface area contributed by atoms with Gasteiger partial charge in [-0.2, -0.15) is 0 Å². The maximum atomic E-state index is 10.8. The molecular weight excluding hydrogens is 324 g/mol. The molecule has 0 aromatic heterocycles. The number of terminal acetylenes is 1. The van der Waals surface area contributed by atoms with Crippen LogP contribution in [-0.2, 0) is 5.72 Å². The molecule has 124 valence electrons. The summed E-state index contributed by atoms with van der Waals surface area (Å²) in [6.07, 6.45) is 12.4. The Labute approximate surface area is 149 Å². The van der Waals surface area contributed by atoms with Crippen LogP contribution in [-0.4, -0.2) is 39.9 Å². The van der Waals surface area contributed by atoms with Gasteiger partial charge in [-0.25, -0.2) is 0 Å². The van der Waals surface area contributed by atoms with Gasteiger partial charge >= 0.3 is 0 Å². The molecule has 23 heavy (non-hydrogen) atoms. The second-order valence-electron chi connectivity index (χ2n) is 4.48.